The van der Waals surface area contributed by atoms with Crippen molar-refractivity contribution in [2.24, 2.45) is 7.05 Å². The number of carbonyl (C=O) groups is 1. The summed E-state index contributed by atoms with van der Waals surface area (Å²) in [5.74, 6) is -0.312. The third kappa shape index (κ3) is 3.72. The first-order chi connectivity index (χ1) is 13.1. The van der Waals surface area contributed by atoms with Crippen LogP contribution >= 0.6 is 11.6 Å². The number of carbonyl (C=O) groups excluding carboxylic acids is 1. The van der Waals surface area contributed by atoms with Gasteiger partial charge in [0.1, 0.15) is 11.8 Å². The topological polar surface area (TPSA) is 105 Å². The van der Waals surface area contributed by atoms with Gasteiger partial charge in [0.2, 0.25) is 0 Å². The van der Waals surface area contributed by atoms with Crippen LogP contribution in [0.1, 0.15) is 34.6 Å². The summed E-state index contributed by atoms with van der Waals surface area (Å²) in [4.78, 5) is 16.6. The summed E-state index contributed by atoms with van der Waals surface area (Å²) >= 11 is 6.03. The Bertz CT molecular complexity index is 1240. The van der Waals surface area contributed by atoms with Crippen molar-refractivity contribution in [2.45, 2.75) is 18.0 Å². The minimum Gasteiger partial charge on any atom is -0.344 e. The molecule has 0 saturated carbocycles. The highest BCUT2D eigenvalue weighted by Gasteiger charge is 2.20. The quantitative estimate of drug-likeness (QED) is 0.703. The van der Waals surface area contributed by atoms with Crippen molar-refractivity contribution in [3.63, 3.8) is 0 Å². The van der Waals surface area contributed by atoms with Gasteiger partial charge in [-0.2, -0.15) is 5.26 Å². The molecule has 0 fully saturated rings. The Hall–Kier alpha value is -2.89. The van der Waals surface area contributed by atoms with E-state index in [1.54, 1.807) is 36.7 Å². The Morgan fingerprint density at radius 1 is 1.32 bits per heavy atom. The Balaban J connectivity index is 1.89. The van der Waals surface area contributed by atoms with Crippen molar-refractivity contribution in [3.8, 4) is 6.07 Å². The number of nitriles is 1. The van der Waals surface area contributed by atoms with Gasteiger partial charge in [-0.3, -0.25) is 4.79 Å². The average molecular weight is 417 g/mol. The molecule has 0 aliphatic carbocycles. The predicted molar refractivity (Wildman–Crippen MR) is 106 cm³/mol. The number of amides is 1. The van der Waals surface area contributed by atoms with E-state index in [2.05, 4.69) is 10.3 Å². The summed E-state index contributed by atoms with van der Waals surface area (Å²) in [5, 5.41) is 13.3. The maximum absolute atomic E-state index is 12.7. The number of rotatable bonds is 4. The molecule has 2 aromatic heterocycles. The first-order valence-electron chi connectivity index (χ1n) is 8.27. The molecule has 1 aromatic carbocycles. The van der Waals surface area contributed by atoms with Gasteiger partial charge in [0.15, 0.2) is 14.9 Å². The molecule has 1 atom stereocenters. The van der Waals surface area contributed by atoms with Gasteiger partial charge in [0.05, 0.1) is 11.6 Å². The zero-order chi connectivity index (χ0) is 20.6. The molecule has 9 heteroatoms. The maximum Gasteiger partial charge on any atom is 0.268 e. The van der Waals surface area contributed by atoms with Gasteiger partial charge in [-0.15, -0.1) is 0 Å². The van der Waals surface area contributed by atoms with Crippen LogP contribution in [0.15, 0.2) is 41.6 Å². The molecule has 1 N–H and O–H groups in total. The number of hydrogen-bond donors (Lipinski definition) is 1. The van der Waals surface area contributed by atoms with Crippen molar-refractivity contribution < 1.29 is 13.2 Å². The molecule has 0 aliphatic heterocycles. The zero-order valence-corrected chi connectivity index (χ0v) is 17.0. The molecule has 3 aromatic rings. The van der Waals surface area contributed by atoms with Crippen LogP contribution in [0.4, 0.5) is 0 Å². The third-order valence-electron chi connectivity index (χ3n) is 4.43. The molecule has 1 unspecified atom stereocenters. The third-order valence-corrected chi connectivity index (χ3v) is 5.69. The summed E-state index contributed by atoms with van der Waals surface area (Å²) in [7, 11) is -1.84. The highest BCUT2D eigenvalue weighted by atomic mass is 35.5. The fourth-order valence-electron chi connectivity index (χ4n) is 2.96. The van der Waals surface area contributed by atoms with Crippen molar-refractivity contribution in [2.75, 3.05) is 6.26 Å². The summed E-state index contributed by atoms with van der Waals surface area (Å²) in [6, 6.07) is 9.93. The fraction of sp³-hybridized carbons (Fsp3) is 0.211. The SMILES string of the molecule is CC(NC(=O)c1cc2ccc(Cl)cc2n1C)c1cnc(S(C)(=O)=O)c(C#N)c1. The Kier molecular flexibility index (Phi) is 5.15. The van der Waals surface area contributed by atoms with Crippen LogP contribution in [0.2, 0.25) is 5.02 Å². The summed E-state index contributed by atoms with van der Waals surface area (Å²) in [6.07, 6.45) is 2.34. The van der Waals surface area contributed by atoms with Gasteiger partial charge in [-0.05, 0) is 36.8 Å². The van der Waals surface area contributed by atoms with Crippen LogP contribution in [0.5, 0.6) is 0 Å². The molecule has 7 nitrogen and oxygen atoms in total. The van der Waals surface area contributed by atoms with Crippen LogP contribution < -0.4 is 5.32 Å². The fourth-order valence-corrected chi connectivity index (χ4v) is 3.87. The molecule has 3 rings (SSSR count). The lowest BCUT2D eigenvalue weighted by Gasteiger charge is -2.15. The number of aromatic nitrogens is 2. The Morgan fingerprint density at radius 2 is 2.04 bits per heavy atom. The molecule has 28 heavy (non-hydrogen) atoms. The van der Waals surface area contributed by atoms with Gasteiger partial charge < -0.3 is 9.88 Å². The first kappa shape index (κ1) is 19.9. The number of hydrogen-bond acceptors (Lipinski definition) is 5. The van der Waals surface area contributed by atoms with Crippen LogP contribution in [0.3, 0.4) is 0 Å². The number of pyridine rings is 1. The lowest BCUT2D eigenvalue weighted by Crippen LogP contribution is -2.28. The first-order valence-corrected chi connectivity index (χ1v) is 10.5. The molecular weight excluding hydrogens is 400 g/mol. The van der Waals surface area contributed by atoms with E-state index >= 15 is 0 Å². The van der Waals surface area contributed by atoms with Crippen molar-refractivity contribution in [1.82, 2.24) is 14.9 Å². The van der Waals surface area contributed by atoms with E-state index < -0.39 is 15.9 Å². The highest BCUT2D eigenvalue weighted by Crippen LogP contribution is 2.24. The molecular formula is C19H17ClN4O3S. The van der Waals surface area contributed by atoms with E-state index in [-0.39, 0.29) is 16.5 Å². The molecule has 2 heterocycles. The van der Waals surface area contributed by atoms with E-state index in [1.807, 2.05) is 12.1 Å². The number of fused-ring (bicyclic) bond motifs is 1. The van der Waals surface area contributed by atoms with Crippen LogP contribution in [0, 0.1) is 11.3 Å². The average Bonchev–Trinajstić information content (AvgIpc) is 2.96. The normalized spacial score (nSPS) is 12.5. The molecule has 144 valence electrons. The maximum atomic E-state index is 12.7. The predicted octanol–water partition coefficient (Wildman–Crippen LogP) is 2.99. The van der Waals surface area contributed by atoms with E-state index in [1.165, 1.54) is 12.3 Å². The molecule has 0 aliphatic rings. The molecule has 0 radical (unpaired) electrons. The monoisotopic (exact) mass is 416 g/mol. The number of halogens is 1. The standard InChI is InChI=1S/C19H17ClN4O3S/c1-11(14-6-13(9-21)19(22-10-14)28(3,26)27)23-18(25)17-7-12-4-5-15(20)8-16(12)24(17)2/h4-8,10-11H,1-3H3,(H,23,25). The number of nitrogens with one attached hydrogen (secondary N) is 1. The van der Waals surface area contributed by atoms with E-state index in [0.717, 1.165) is 17.2 Å². The van der Waals surface area contributed by atoms with Gasteiger partial charge in [-0.25, -0.2) is 13.4 Å². The lowest BCUT2D eigenvalue weighted by molar-refractivity contribution is 0.0932. The molecule has 1 amide bonds. The second-order valence-electron chi connectivity index (χ2n) is 6.49. The number of benzene rings is 1. The summed E-state index contributed by atoms with van der Waals surface area (Å²) < 4.78 is 25.2. The lowest BCUT2D eigenvalue weighted by atomic mass is 10.1. The van der Waals surface area contributed by atoms with Crippen LogP contribution in [0.25, 0.3) is 10.9 Å². The number of aryl methyl sites for hydroxylation is 1. The van der Waals surface area contributed by atoms with Gasteiger partial charge in [-0.1, -0.05) is 17.7 Å². The van der Waals surface area contributed by atoms with Gasteiger partial charge in [0.25, 0.3) is 5.91 Å². The van der Waals surface area contributed by atoms with E-state index in [9.17, 15) is 18.5 Å². The molecule has 0 bridgehead atoms. The Morgan fingerprint density at radius 3 is 2.68 bits per heavy atom. The number of sulfone groups is 1. The van der Waals surface area contributed by atoms with Crippen LogP contribution in [-0.2, 0) is 16.9 Å². The number of nitrogens with zero attached hydrogens (tertiary/aromatic N) is 3. The largest absolute Gasteiger partial charge is 0.344 e. The van der Waals surface area contributed by atoms with Crippen LogP contribution in [-0.4, -0.2) is 30.1 Å². The Labute approximate surface area is 167 Å². The highest BCUT2D eigenvalue weighted by molar-refractivity contribution is 7.90. The van der Waals surface area contributed by atoms with Gasteiger partial charge >= 0.3 is 0 Å². The smallest absolute Gasteiger partial charge is 0.268 e. The van der Waals surface area contributed by atoms with E-state index in [0.29, 0.717) is 16.3 Å². The van der Waals surface area contributed by atoms with Crippen molar-refractivity contribution >= 4 is 38.2 Å². The molecule has 0 saturated heterocycles. The minimum atomic E-state index is -3.61. The second kappa shape index (κ2) is 7.26. The summed E-state index contributed by atoms with van der Waals surface area (Å²) in [6.45, 7) is 1.73. The van der Waals surface area contributed by atoms with Crippen molar-refractivity contribution in [3.05, 3.63) is 58.4 Å². The minimum absolute atomic E-state index is 0.0552. The summed E-state index contributed by atoms with van der Waals surface area (Å²) in [5.41, 5.74) is 1.75. The second-order valence-corrected chi connectivity index (χ2v) is 8.86. The van der Waals surface area contributed by atoms with Gasteiger partial charge in [0, 0.05) is 35.4 Å². The van der Waals surface area contributed by atoms with Crippen molar-refractivity contribution in [1.29, 1.82) is 5.26 Å². The van der Waals surface area contributed by atoms with E-state index in [4.69, 9.17) is 11.6 Å². The zero-order valence-electron chi connectivity index (χ0n) is 15.4. The molecule has 0 spiro atoms.